The number of aryl methyl sites for hydroxylation is 1. The molecular formula is C18H21FN2O. The van der Waals surface area contributed by atoms with Gasteiger partial charge in [0, 0.05) is 11.4 Å². The molecule has 0 atom stereocenters. The molecule has 0 radical (unpaired) electrons. The number of hydrogen-bond donors (Lipinski definition) is 2. The van der Waals surface area contributed by atoms with Crippen molar-refractivity contribution in [2.45, 2.75) is 26.7 Å². The van der Waals surface area contributed by atoms with E-state index in [0.717, 1.165) is 11.3 Å². The Balaban J connectivity index is 1.91. The van der Waals surface area contributed by atoms with Crippen LogP contribution in [0.25, 0.3) is 0 Å². The summed E-state index contributed by atoms with van der Waals surface area (Å²) in [5, 5.41) is 5.77. The van der Waals surface area contributed by atoms with Gasteiger partial charge in [0.15, 0.2) is 0 Å². The SMILES string of the molecule is Cc1ccc(F)cc1NCC(=O)Nc1ccc(C(C)C)cc1. The van der Waals surface area contributed by atoms with E-state index >= 15 is 0 Å². The lowest BCUT2D eigenvalue weighted by Gasteiger charge is -2.11. The quantitative estimate of drug-likeness (QED) is 0.864. The smallest absolute Gasteiger partial charge is 0.243 e. The van der Waals surface area contributed by atoms with Gasteiger partial charge in [-0.15, -0.1) is 0 Å². The van der Waals surface area contributed by atoms with Crippen molar-refractivity contribution in [1.82, 2.24) is 0 Å². The Morgan fingerprint density at radius 3 is 2.45 bits per heavy atom. The average molecular weight is 300 g/mol. The van der Waals surface area contributed by atoms with Crippen LogP contribution in [0.4, 0.5) is 15.8 Å². The fraction of sp³-hybridized carbons (Fsp3) is 0.278. The first-order chi connectivity index (χ1) is 10.5. The lowest BCUT2D eigenvalue weighted by Crippen LogP contribution is -2.22. The molecule has 4 heteroatoms. The summed E-state index contributed by atoms with van der Waals surface area (Å²) in [5.74, 6) is -0.0267. The molecule has 0 aliphatic rings. The summed E-state index contributed by atoms with van der Waals surface area (Å²) in [6, 6.07) is 12.3. The van der Waals surface area contributed by atoms with E-state index < -0.39 is 0 Å². The third-order valence-electron chi connectivity index (χ3n) is 3.50. The van der Waals surface area contributed by atoms with E-state index in [4.69, 9.17) is 0 Å². The molecule has 0 bridgehead atoms. The number of nitrogens with one attached hydrogen (secondary N) is 2. The van der Waals surface area contributed by atoms with E-state index in [1.807, 2.05) is 31.2 Å². The fourth-order valence-electron chi connectivity index (χ4n) is 2.12. The van der Waals surface area contributed by atoms with Gasteiger partial charge in [-0.2, -0.15) is 0 Å². The molecule has 0 heterocycles. The highest BCUT2D eigenvalue weighted by molar-refractivity contribution is 5.93. The standard InChI is InChI=1S/C18H21FN2O/c1-12(2)14-5-8-16(9-6-14)21-18(22)11-20-17-10-15(19)7-4-13(17)3/h4-10,12,20H,11H2,1-3H3,(H,21,22). The number of carbonyl (C=O) groups excluding carboxylic acids is 1. The van der Waals surface area contributed by atoms with Crippen molar-refractivity contribution < 1.29 is 9.18 Å². The van der Waals surface area contributed by atoms with Gasteiger partial charge in [-0.1, -0.05) is 32.0 Å². The van der Waals surface area contributed by atoms with Crippen LogP contribution in [0.3, 0.4) is 0 Å². The van der Waals surface area contributed by atoms with Gasteiger partial charge >= 0.3 is 0 Å². The zero-order valence-electron chi connectivity index (χ0n) is 13.1. The Hall–Kier alpha value is -2.36. The van der Waals surface area contributed by atoms with Gasteiger partial charge in [0.1, 0.15) is 5.82 Å². The van der Waals surface area contributed by atoms with Crippen LogP contribution in [-0.2, 0) is 4.79 Å². The first-order valence-corrected chi connectivity index (χ1v) is 7.35. The number of hydrogen-bond acceptors (Lipinski definition) is 2. The minimum absolute atomic E-state index is 0.0935. The van der Waals surface area contributed by atoms with Gasteiger partial charge in [0.05, 0.1) is 6.54 Å². The van der Waals surface area contributed by atoms with Crippen LogP contribution in [0.1, 0.15) is 30.9 Å². The number of halogens is 1. The second kappa shape index (κ2) is 7.07. The normalized spacial score (nSPS) is 10.6. The molecule has 116 valence electrons. The van der Waals surface area contributed by atoms with Crippen molar-refractivity contribution in [3.8, 4) is 0 Å². The first-order valence-electron chi connectivity index (χ1n) is 7.35. The maximum Gasteiger partial charge on any atom is 0.243 e. The molecule has 3 nitrogen and oxygen atoms in total. The molecule has 0 unspecified atom stereocenters. The molecular weight excluding hydrogens is 279 g/mol. The van der Waals surface area contributed by atoms with Crippen molar-refractivity contribution in [3.63, 3.8) is 0 Å². The number of carbonyl (C=O) groups is 1. The molecule has 0 saturated carbocycles. The van der Waals surface area contributed by atoms with Crippen molar-refractivity contribution in [1.29, 1.82) is 0 Å². The molecule has 22 heavy (non-hydrogen) atoms. The highest BCUT2D eigenvalue weighted by Crippen LogP contribution is 2.18. The molecule has 0 aromatic heterocycles. The summed E-state index contributed by atoms with van der Waals surface area (Å²) in [7, 11) is 0. The maximum atomic E-state index is 13.2. The number of rotatable bonds is 5. The molecule has 2 N–H and O–H groups in total. The lowest BCUT2D eigenvalue weighted by atomic mass is 10.0. The predicted molar refractivity (Wildman–Crippen MR) is 88.8 cm³/mol. The first kappa shape index (κ1) is 16.0. The highest BCUT2D eigenvalue weighted by atomic mass is 19.1. The summed E-state index contributed by atoms with van der Waals surface area (Å²) in [6.07, 6.45) is 0. The highest BCUT2D eigenvalue weighted by Gasteiger charge is 2.05. The predicted octanol–water partition coefficient (Wildman–Crippen LogP) is 4.31. The Labute approximate surface area is 130 Å². The molecule has 0 aliphatic heterocycles. The third-order valence-corrected chi connectivity index (χ3v) is 3.50. The summed E-state index contributed by atoms with van der Waals surface area (Å²) >= 11 is 0. The van der Waals surface area contributed by atoms with Crippen molar-refractivity contribution in [2.24, 2.45) is 0 Å². The minimum Gasteiger partial charge on any atom is -0.376 e. The second-order valence-electron chi connectivity index (χ2n) is 5.64. The Kier molecular flexibility index (Phi) is 5.15. The maximum absolute atomic E-state index is 13.2. The summed E-state index contributed by atoms with van der Waals surface area (Å²) in [5.41, 5.74) is 3.51. The molecule has 0 saturated heterocycles. The van der Waals surface area contributed by atoms with Gasteiger partial charge in [-0.3, -0.25) is 4.79 Å². The number of anilines is 2. The van der Waals surface area contributed by atoms with Crippen LogP contribution in [0, 0.1) is 12.7 Å². The fourth-order valence-corrected chi connectivity index (χ4v) is 2.12. The van der Waals surface area contributed by atoms with Crippen LogP contribution in [0.2, 0.25) is 0 Å². The van der Waals surface area contributed by atoms with Crippen LogP contribution >= 0.6 is 0 Å². The van der Waals surface area contributed by atoms with Crippen LogP contribution in [0.15, 0.2) is 42.5 Å². The van der Waals surface area contributed by atoms with Crippen molar-refractivity contribution >= 4 is 17.3 Å². The Morgan fingerprint density at radius 1 is 1.14 bits per heavy atom. The van der Waals surface area contributed by atoms with Crippen LogP contribution < -0.4 is 10.6 Å². The third kappa shape index (κ3) is 4.32. The lowest BCUT2D eigenvalue weighted by molar-refractivity contribution is -0.114. The monoisotopic (exact) mass is 300 g/mol. The molecule has 0 aliphatic carbocycles. The largest absolute Gasteiger partial charge is 0.376 e. The van der Waals surface area contributed by atoms with Gasteiger partial charge in [-0.25, -0.2) is 4.39 Å². The van der Waals surface area contributed by atoms with Crippen molar-refractivity contribution in [2.75, 3.05) is 17.2 Å². The van der Waals surface area contributed by atoms with Gasteiger partial charge in [-0.05, 0) is 48.2 Å². The van der Waals surface area contributed by atoms with E-state index in [1.165, 1.54) is 17.7 Å². The van der Waals surface area contributed by atoms with E-state index in [9.17, 15) is 9.18 Å². The van der Waals surface area contributed by atoms with Gasteiger partial charge in [0.25, 0.3) is 0 Å². The van der Waals surface area contributed by atoms with Crippen LogP contribution in [-0.4, -0.2) is 12.5 Å². The molecule has 0 spiro atoms. The van der Waals surface area contributed by atoms with Gasteiger partial charge in [0.2, 0.25) is 5.91 Å². The summed E-state index contributed by atoms with van der Waals surface area (Å²) < 4.78 is 13.2. The Morgan fingerprint density at radius 2 is 1.82 bits per heavy atom. The zero-order chi connectivity index (χ0) is 16.1. The molecule has 1 amide bonds. The van der Waals surface area contributed by atoms with Gasteiger partial charge < -0.3 is 10.6 Å². The molecule has 2 aromatic rings. The van der Waals surface area contributed by atoms with E-state index in [-0.39, 0.29) is 18.3 Å². The van der Waals surface area contributed by atoms with E-state index in [1.54, 1.807) is 6.07 Å². The summed E-state index contributed by atoms with van der Waals surface area (Å²) in [6.45, 7) is 6.21. The Bertz CT molecular complexity index is 651. The van der Waals surface area contributed by atoms with E-state index in [0.29, 0.717) is 11.6 Å². The molecule has 2 rings (SSSR count). The van der Waals surface area contributed by atoms with E-state index in [2.05, 4.69) is 24.5 Å². The second-order valence-corrected chi connectivity index (χ2v) is 5.64. The number of benzene rings is 2. The number of amides is 1. The van der Waals surface area contributed by atoms with Crippen molar-refractivity contribution in [3.05, 3.63) is 59.4 Å². The van der Waals surface area contributed by atoms with Crippen LogP contribution in [0.5, 0.6) is 0 Å². The minimum atomic E-state index is -0.321. The zero-order valence-corrected chi connectivity index (χ0v) is 13.1. The average Bonchev–Trinajstić information content (AvgIpc) is 2.49. The molecule has 0 fully saturated rings. The topological polar surface area (TPSA) is 41.1 Å². The summed E-state index contributed by atoms with van der Waals surface area (Å²) in [4.78, 5) is 11.9. The molecule has 2 aromatic carbocycles.